The number of carbonyl (C=O) groups excluding carboxylic acids is 4. The maximum atomic E-state index is 14.2. The number of primary amides is 1. The number of hydrogen-bond donors (Lipinski definition) is 4. The summed E-state index contributed by atoms with van der Waals surface area (Å²) in [6, 6.07) is -1.33. The van der Waals surface area contributed by atoms with Gasteiger partial charge in [0.15, 0.2) is 5.78 Å². The third-order valence-electron chi connectivity index (χ3n) is 11.9. The molecule has 10 unspecified atom stereocenters. The topological polar surface area (TPSA) is 140 Å². The van der Waals surface area contributed by atoms with E-state index >= 15 is 0 Å². The van der Waals surface area contributed by atoms with Crippen molar-refractivity contribution in [2.75, 3.05) is 0 Å². The molecular formula is C30H46N4O5. The number of hydrazine groups is 1. The second-order valence-corrected chi connectivity index (χ2v) is 14.0. The Balaban J connectivity index is 1.40. The Morgan fingerprint density at radius 2 is 1.64 bits per heavy atom. The molecule has 0 bridgehead atoms. The maximum absolute atomic E-state index is 14.2. The van der Waals surface area contributed by atoms with Crippen molar-refractivity contribution in [3.05, 3.63) is 11.6 Å². The van der Waals surface area contributed by atoms with Crippen molar-refractivity contribution in [3.8, 4) is 0 Å². The van der Waals surface area contributed by atoms with Crippen LogP contribution >= 0.6 is 0 Å². The lowest BCUT2D eigenvalue weighted by molar-refractivity contribution is -0.180. The summed E-state index contributed by atoms with van der Waals surface area (Å²) in [5.74, 6) is 1.24. The summed E-state index contributed by atoms with van der Waals surface area (Å²) in [4.78, 5) is 49.2. The molecular weight excluding hydrogens is 496 g/mol. The van der Waals surface area contributed by atoms with Gasteiger partial charge in [0.2, 0.25) is 0 Å². The van der Waals surface area contributed by atoms with Gasteiger partial charge in [-0.15, -0.1) is 0 Å². The standard InChI is InChI=1S/C30H46N4O5/c1-16-20-8-12-30(5)21-7-11-28(3)10-6-18(32-27(38)34-33-26(31)37)14-22(28)19(21)15-23(36)25(30)29(20,4)13-9-24(16)39-17(2)35/h15-16,18,20-22,24-25H,6-14H2,1-5H3,(H3,31,33,37)(H2,32,34,38). The molecule has 0 heterocycles. The number of allylic oxidation sites excluding steroid dienone is 2. The minimum absolute atomic E-state index is 0.0225. The van der Waals surface area contributed by atoms with Gasteiger partial charge in [0, 0.05) is 18.9 Å². The number of ketones is 1. The Kier molecular flexibility index (Phi) is 7.03. The van der Waals surface area contributed by atoms with Crippen molar-refractivity contribution < 1.29 is 23.9 Å². The predicted molar refractivity (Wildman–Crippen MR) is 146 cm³/mol. The minimum Gasteiger partial charge on any atom is -0.462 e. The highest BCUT2D eigenvalue weighted by Gasteiger charge is 2.65. The van der Waals surface area contributed by atoms with Gasteiger partial charge in [0.1, 0.15) is 6.10 Å². The summed E-state index contributed by atoms with van der Waals surface area (Å²) >= 11 is 0. The molecule has 216 valence electrons. The van der Waals surface area contributed by atoms with Crippen LogP contribution in [0.1, 0.15) is 92.4 Å². The Hall–Kier alpha value is -2.58. The third kappa shape index (κ3) is 4.63. The molecule has 0 aromatic heterocycles. The first-order chi connectivity index (χ1) is 18.3. The lowest BCUT2D eigenvalue weighted by Gasteiger charge is -2.65. The highest BCUT2D eigenvalue weighted by molar-refractivity contribution is 5.95. The lowest BCUT2D eigenvalue weighted by atomic mass is 9.38. The molecule has 9 nitrogen and oxygen atoms in total. The van der Waals surface area contributed by atoms with Crippen LogP contribution in [0.4, 0.5) is 9.59 Å². The van der Waals surface area contributed by atoms with E-state index in [9.17, 15) is 19.2 Å². The molecule has 4 amide bonds. The molecule has 0 aliphatic heterocycles. The van der Waals surface area contributed by atoms with Crippen molar-refractivity contribution >= 4 is 23.8 Å². The van der Waals surface area contributed by atoms with Gasteiger partial charge in [-0.1, -0.05) is 33.3 Å². The summed E-state index contributed by atoms with van der Waals surface area (Å²) in [6.07, 6.45) is 10.6. The molecule has 5 rings (SSSR count). The fraction of sp³-hybridized carbons (Fsp3) is 0.800. The second-order valence-electron chi connectivity index (χ2n) is 14.0. The number of fused-ring (bicyclic) bond motifs is 7. The Morgan fingerprint density at radius 3 is 2.33 bits per heavy atom. The molecule has 4 saturated carbocycles. The van der Waals surface area contributed by atoms with Gasteiger partial charge in [0.25, 0.3) is 0 Å². The molecule has 39 heavy (non-hydrogen) atoms. The number of ether oxygens (including phenoxy) is 1. The Morgan fingerprint density at radius 1 is 0.949 bits per heavy atom. The van der Waals surface area contributed by atoms with Crippen LogP contribution in [0.2, 0.25) is 0 Å². The van der Waals surface area contributed by atoms with E-state index in [0.29, 0.717) is 11.8 Å². The normalized spacial score (nSPS) is 44.8. The van der Waals surface area contributed by atoms with Crippen molar-refractivity contribution in [1.29, 1.82) is 0 Å². The van der Waals surface area contributed by atoms with Gasteiger partial charge in [-0.3, -0.25) is 9.59 Å². The number of carbonyl (C=O) groups is 4. The number of esters is 1. The number of rotatable bonds is 2. The average molecular weight is 543 g/mol. The number of nitrogens with two attached hydrogens (primary N) is 1. The van der Waals surface area contributed by atoms with E-state index < -0.39 is 12.1 Å². The molecule has 5 aliphatic rings. The summed E-state index contributed by atoms with van der Waals surface area (Å²) in [7, 11) is 0. The van der Waals surface area contributed by atoms with Gasteiger partial charge in [-0.25, -0.2) is 20.4 Å². The Labute approximate surface area is 231 Å². The van der Waals surface area contributed by atoms with Crippen LogP contribution in [-0.2, 0) is 14.3 Å². The fourth-order valence-corrected chi connectivity index (χ4v) is 10.2. The van der Waals surface area contributed by atoms with E-state index in [2.05, 4.69) is 43.9 Å². The molecule has 5 N–H and O–H groups in total. The van der Waals surface area contributed by atoms with E-state index in [1.54, 1.807) is 0 Å². The van der Waals surface area contributed by atoms with Crippen LogP contribution < -0.4 is 21.9 Å². The first kappa shape index (κ1) is 28.0. The average Bonchev–Trinajstić information content (AvgIpc) is 2.84. The highest BCUT2D eigenvalue weighted by Crippen LogP contribution is 2.69. The smallest absolute Gasteiger partial charge is 0.333 e. The van der Waals surface area contributed by atoms with Crippen molar-refractivity contribution in [1.82, 2.24) is 16.2 Å². The molecule has 0 spiro atoms. The SMILES string of the molecule is CC(=O)OC1CCC2(C)C(CCC3(C)C4CCC5(C)CCC(NC(=O)NNC(N)=O)CC5C4=CC(=O)C32)C1C. The monoisotopic (exact) mass is 542 g/mol. The number of urea groups is 2. The van der Waals surface area contributed by atoms with Crippen LogP contribution in [-0.4, -0.2) is 36.0 Å². The minimum atomic E-state index is -0.817. The third-order valence-corrected chi connectivity index (χ3v) is 11.9. The van der Waals surface area contributed by atoms with Crippen LogP contribution in [0, 0.1) is 45.8 Å². The number of hydrogen-bond acceptors (Lipinski definition) is 5. The Bertz CT molecular complexity index is 1090. The summed E-state index contributed by atoms with van der Waals surface area (Å²) in [5.41, 5.74) is 10.7. The van der Waals surface area contributed by atoms with Crippen LogP contribution in [0.3, 0.4) is 0 Å². The lowest BCUT2D eigenvalue weighted by Crippen LogP contribution is -2.62. The summed E-state index contributed by atoms with van der Waals surface area (Å²) in [5, 5.41) is 2.99. The van der Waals surface area contributed by atoms with Gasteiger partial charge < -0.3 is 15.8 Å². The van der Waals surface area contributed by atoms with Gasteiger partial charge in [-0.05, 0) is 104 Å². The maximum Gasteiger partial charge on any atom is 0.333 e. The molecule has 0 aromatic rings. The quantitative estimate of drug-likeness (QED) is 0.303. The van der Waals surface area contributed by atoms with E-state index in [4.69, 9.17) is 10.5 Å². The highest BCUT2D eigenvalue weighted by atomic mass is 16.5. The molecule has 0 saturated heterocycles. The zero-order valence-electron chi connectivity index (χ0n) is 24.1. The summed E-state index contributed by atoms with van der Waals surface area (Å²) < 4.78 is 5.71. The van der Waals surface area contributed by atoms with Crippen molar-refractivity contribution in [2.45, 2.75) is 105 Å². The van der Waals surface area contributed by atoms with Crippen LogP contribution in [0.5, 0.6) is 0 Å². The van der Waals surface area contributed by atoms with Crippen LogP contribution in [0.15, 0.2) is 11.6 Å². The zero-order valence-corrected chi connectivity index (χ0v) is 24.1. The van der Waals surface area contributed by atoms with E-state index in [1.165, 1.54) is 12.5 Å². The first-order valence-electron chi connectivity index (χ1n) is 14.8. The van der Waals surface area contributed by atoms with Crippen molar-refractivity contribution in [2.24, 2.45) is 51.6 Å². The van der Waals surface area contributed by atoms with E-state index in [-0.39, 0.29) is 57.9 Å². The van der Waals surface area contributed by atoms with Gasteiger partial charge in [-0.2, -0.15) is 0 Å². The molecule has 0 radical (unpaired) electrons. The second kappa shape index (κ2) is 9.81. The predicted octanol–water partition coefficient (Wildman–Crippen LogP) is 4.36. The van der Waals surface area contributed by atoms with Gasteiger partial charge in [0.05, 0.1) is 0 Å². The van der Waals surface area contributed by atoms with Crippen molar-refractivity contribution in [3.63, 3.8) is 0 Å². The largest absolute Gasteiger partial charge is 0.462 e. The van der Waals surface area contributed by atoms with Crippen LogP contribution in [0.25, 0.3) is 0 Å². The fourth-order valence-electron chi connectivity index (χ4n) is 10.2. The molecule has 4 fully saturated rings. The van der Waals surface area contributed by atoms with Gasteiger partial charge >= 0.3 is 18.0 Å². The number of nitrogens with one attached hydrogen (secondary N) is 3. The molecule has 5 aliphatic carbocycles. The zero-order chi connectivity index (χ0) is 28.3. The number of amides is 4. The first-order valence-corrected chi connectivity index (χ1v) is 14.8. The molecule has 9 heteroatoms. The molecule has 10 atom stereocenters. The summed E-state index contributed by atoms with van der Waals surface area (Å²) in [6.45, 7) is 10.8. The molecule has 0 aromatic carbocycles. The van der Waals surface area contributed by atoms with E-state index in [1.807, 2.05) is 6.08 Å². The van der Waals surface area contributed by atoms with E-state index in [0.717, 1.165) is 57.8 Å².